The number of hydrogen-bond acceptors (Lipinski definition) is 4. The molecule has 0 saturated carbocycles. The van der Waals surface area contributed by atoms with Crippen molar-refractivity contribution in [2.24, 2.45) is 5.10 Å². The maximum atomic E-state index is 10.4. The summed E-state index contributed by atoms with van der Waals surface area (Å²) in [6.45, 7) is 9.31. The summed E-state index contributed by atoms with van der Waals surface area (Å²) >= 11 is 6.16. The van der Waals surface area contributed by atoms with Crippen molar-refractivity contribution in [3.8, 4) is 0 Å². The van der Waals surface area contributed by atoms with E-state index in [4.69, 9.17) is 18.2 Å². The minimum absolute atomic E-state index is 0.168. The van der Waals surface area contributed by atoms with Crippen LogP contribution in [0.5, 0.6) is 0 Å². The van der Waals surface area contributed by atoms with Gasteiger partial charge in [0.1, 0.15) is 6.10 Å². The monoisotopic (exact) mass is 291 g/mol. The molecule has 0 radical (unpaired) electrons. The molecule has 0 aliphatic carbocycles. The average Bonchev–Trinajstić information content (AvgIpc) is 2.92. The fourth-order valence-corrected chi connectivity index (χ4v) is 3.07. The number of hydrogen-bond donors (Lipinski definition) is 2. The van der Waals surface area contributed by atoms with Crippen molar-refractivity contribution in [3.05, 3.63) is 39.7 Å². The molecule has 1 saturated heterocycles. The molecule has 2 aliphatic heterocycles. The van der Waals surface area contributed by atoms with Crippen LogP contribution >= 0.6 is 11.6 Å². The van der Waals surface area contributed by atoms with Crippen molar-refractivity contribution in [2.75, 3.05) is 6.54 Å². The summed E-state index contributed by atoms with van der Waals surface area (Å²) in [5, 5.41) is 26.5. The van der Waals surface area contributed by atoms with Crippen LogP contribution in [-0.2, 0) is 0 Å². The molecule has 0 bridgehead atoms. The maximum Gasteiger partial charge on any atom is 0.205 e. The summed E-state index contributed by atoms with van der Waals surface area (Å²) in [4.78, 5) is 3.36. The third-order valence-electron chi connectivity index (χ3n) is 3.94. The van der Waals surface area contributed by atoms with Crippen LogP contribution in [0.4, 0.5) is 5.69 Å². The smallest absolute Gasteiger partial charge is 0.205 e. The van der Waals surface area contributed by atoms with E-state index in [9.17, 15) is 10.2 Å². The molecule has 0 amide bonds. The van der Waals surface area contributed by atoms with E-state index in [-0.39, 0.29) is 6.04 Å². The van der Waals surface area contributed by atoms with E-state index in [2.05, 4.69) is 9.95 Å². The lowest BCUT2D eigenvalue weighted by Crippen LogP contribution is -2.33. The lowest BCUT2D eigenvalue weighted by atomic mass is 9.96. The molecule has 2 aliphatic rings. The first kappa shape index (κ1) is 13.4. The Bertz CT molecular complexity index is 638. The summed E-state index contributed by atoms with van der Waals surface area (Å²) in [6, 6.07) is 3.25. The lowest BCUT2D eigenvalue weighted by Gasteiger charge is -2.16. The van der Waals surface area contributed by atoms with E-state index in [1.165, 1.54) is 0 Å². The Morgan fingerprint density at radius 1 is 1.45 bits per heavy atom. The van der Waals surface area contributed by atoms with Crippen LogP contribution in [0.15, 0.2) is 17.2 Å². The standard InChI is InChI=1S/C14H14ClN3O2/c1-7-9(3-4-10(16-2)12(7)15)13-14(20)11-5-8(19)6-18(11)17-13/h3-4,8,11,14,19-20H,5-6H2,1H3/t8-,11+,14+/m1/s1. The number of rotatable bonds is 1. The first-order valence-corrected chi connectivity index (χ1v) is 6.79. The summed E-state index contributed by atoms with van der Waals surface area (Å²) < 4.78 is 0. The van der Waals surface area contributed by atoms with Crippen molar-refractivity contribution in [2.45, 2.75) is 31.6 Å². The van der Waals surface area contributed by atoms with Crippen molar-refractivity contribution in [3.63, 3.8) is 0 Å². The predicted octanol–water partition coefficient (Wildman–Crippen LogP) is 1.71. The highest BCUT2D eigenvalue weighted by Crippen LogP contribution is 2.35. The lowest BCUT2D eigenvalue weighted by molar-refractivity contribution is 0.150. The fraction of sp³-hybridized carbons (Fsp3) is 0.429. The van der Waals surface area contributed by atoms with Crippen molar-refractivity contribution in [1.82, 2.24) is 5.01 Å². The van der Waals surface area contributed by atoms with Gasteiger partial charge in [0.25, 0.3) is 0 Å². The molecule has 20 heavy (non-hydrogen) atoms. The highest BCUT2D eigenvalue weighted by Gasteiger charge is 2.43. The number of aliphatic hydroxyl groups excluding tert-OH is 2. The molecule has 0 aromatic heterocycles. The molecular formula is C14H14ClN3O2. The highest BCUT2D eigenvalue weighted by atomic mass is 35.5. The van der Waals surface area contributed by atoms with Gasteiger partial charge in [-0.25, -0.2) is 4.85 Å². The van der Waals surface area contributed by atoms with Gasteiger partial charge >= 0.3 is 0 Å². The second-order valence-corrected chi connectivity index (χ2v) is 5.57. The number of fused-ring (bicyclic) bond motifs is 1. The first-order valence-electron chi connectivity index (χ1n) is 6.41. The largest absolute Gasteiger partial charge is 0.391 e. The van der Waals surface area contributed by atoms with E-state index < -0.39 is 12.2 Å². The Kier molecular flexibility index (Phi) is 3.17. The zero-order valence-electron chi connectivity index (χ0n) is 10.9. The molecule has 1 aromatic rings. The summed E-state index contributed by atoms with van der Waals surface area (Å²) in [5.41, 5.74) is 2.48. The van der Waals surface area contributed by atoms with Gasteiger partial charge in [-0.05, 0) is 12.5 Å². The Morgan fingerprint density at radius 3 is 2.85 bits per heavy atom. The molecule has 104 valence electrons. The van der Waals surface area contributed by atoms with Crippen LogP contribution in [0.3, 0.4) is 0 Å². The number of nitrogens with zero attached hydrogens (tertiary/aromatic N) is 3. The predicted molar refractivity (Wildman–Crippen MR) is 76.1 cm³/mol. The molecule has 0 unspecified atom stereocenters. The summed E-state index contributed by atoms with van der Waals surface area (Å²) in [7, 11) is 0. The molecule has 6 heteroatoms. The van der Waals surface area contributed by atoms with E-state index in [0.29, 0.717) is 29.4 Å². The minimum Gasteiger partial charge on any atom is -0.391 e. The van der Waals surface area contributed by atoms with Gasteiger partial charge in [0.15, 0.2) is 0 Å². The zero-order valence-corrected chi connectivity index (χ0v) is 11.7. The second kappa shape index (κ2) is 4.74. The molecular weight excluding hydrogens is 278 g/mol. The minimum atomic E-state index is -0.735. The number of halogens is 1. The van der Waals surface area contributed by atoms with Gasteiger partial charge in [-0.2, -0.15) is 5.10 Å². The number of hydrazone groups is 1. The number of benzene rings is 1. The molecule has 2 heterocycles. The molecule has 5 nitrogen and oxygen atoms in total. The van der Waals surface area contributed by atoms with Gasteiger partial charge in [-0.3, -0.25) is 5.01 Å². The van der Waals surface area contributed by atoms with Crippen LogP contribution in [0, 0.1) is 13.5 Å². The van der Waals surface area contributed by atoms with Crippen molar-refractivity contribution >= 4 is 23.0 Å². The van der Waals surface area contributed by atoms with Crippen LogP contribution in [-0.4, -0.2) is 45.7 Å². The Hall–Kier alpha value is -1.61. The second-order valence-electron chi connectivity index (χ2n) is 5.19. The SMILES string of the molecule is [C-]#[N+]c1ccc(C2=NN3C[C@H](O)C[C@H]3[C@@H]2O)c(C)c1Cl. The Morgan fingerprint density at radius 2 is 2.20 bits per heavy atom. The highest BCUT2D eigenvalue weighted by molar-refractivity contribution is 6.34. The molecule has 1 fully saturated rings. The molecule has 2 N–H and O–H groups in total. The first-order chi connectivity index (χ1) is 9.52. The normalized spacial score (nSPS) is 28.2. The molecule has 0 spiro atoms. The van der Waals surface area contributed by atoms with Crippen LogP contribution in [0.1, 0.15) is 17.5 Å². The van der Waals surface area contributed by atoms with Gasteiger partial charge in [-0.1, -0.05) is 23.7 Å². The van der Waals surface area contributed by atoms with Gasteiger partial charge in [-0.15, -0.1) is 0 Å². The van der Waals surface area contributed by atoms with Crippen LogP contribution in [0.25, 0.3) is 4.85 Å². The van der Waals surface area contributed by atoms with Crippen LogP contribution < -0.4 is 0 Å². The van der Waals surface area contributed by atoms with Gasteiger partial charge in [0, 0.05) is 12.0 Å². The summed E-state index contributed by atoms with van der Waals surface area (Å²) in [6.07, 6.45) is -0.656. The topological polar surface area (TPSA) is 60.4 Å². The van der Waals surface area contributed by atoms with E-state index in [1.807, 2.05) is 6.92 Å². The van der Waals surface area contributed by atoms with Gasteiger partial charge in [0.05, 0.1) is 36.0 Å². The number of aliphatic hydroxyl groups is 2. The fourth-order valence-electron chi connectivity index (χ4n) is 2.86. The quantitative estimate of drug-likeness (QED) is 0.775. The summed E-state index contributed by atoms with van der Waals surface area (Å²) in [5.74, 6) is 0. The van der Waals surface area contributed by atoms with E-state index >= 15 is 0 Å². The molecule has 1 aromatic carbocycles. The third kappa shape index (κ3) is 1.88. The third-order valence-corrected chi connectivity index (χ3v) is 4.41. The Balaban J connectivity index is 2.01. The Labute approximate surface area is 121 Å². The molecule has 3 rings (SSSR count). The van der Waals surface area contributed by atoms with E-state index in [0.717, 1.165) is 11.1 Å². The molecule has 3 atom stereocenters. The van der Waals surface area contributed by atoms with Gasteiger partial charge < -0.3 is 10.2 Å². The zero-order chi connectivity index (χ0) is 14.4. The van der Waals surface area contributed by atoms with Gasteiger partial charge in [0.2, 0.25) is 5.69 Å². The van der Waals surface area contributed by atoms with Crippen molar-refractivity contribution in [1.29, 1.82) is 0 Å². The maximum absolute atomic E-state index is 10.4. The average molecular weight is 292 g/mol. The van der Waals surface area contributed by atoms with Crippen molar-refractivity contribution < 1.29 is 10.2 Å². The van der Waals surface area contributed by atoms with E-state index in [1.54, 1.807) is 17.1 Å². The van der Waals surface area contributed by atoms with Crippen LogP contribution in [0.2, 0.25) is 5.02 Å².